The average Bonchev–Trinajstić information content (AvgIpc) is 3.59. The maximum absolute atomic E-state index is 13.9. The van der Waals surface area contributed by atoms with Gasteiger partial charge in [-0.2, -0.15) is 13.2 Å². The number of pyridine rings is 2. The minimum Gasteiger partial charge on any atom is -0.465 e. The third kappa shape index (κ3) is 8.44. The smallest absolute Gasteiger partial charge is 0.414 e. The van der Waals surface area contributed by atoms with E-state index < -0.39 is 54.8 Å². The highest BCUT2D eigenvalue weighted by Crippen LogP contribution is 2.38. The summed E-state index contributed by atoms with van der Waals surface area (Å²) in [7, 11) is 1.67. The minimum atomic E-state index is -4.59. The van der Waals surface area contributed by atoms with E-state index in [9.17, 15) is 32.7 Å². The highest BCUT2D eigenvalue weighted by atomic mass is 19.4. The van der Waals surface area contributed by atoms with E-state index in [1.54, 1.807) is 40.1 Å². The molecule has 14 nitrogen and oxygen atoms in total. The predicted octanol–water partition coefficient (Wildman–Crippen LogP) is 5.07. The molecule has 0 aromatic carbocycles. The Morgan fingerprint density at radius 1 is 1.12 bits per heavy atom. The van der Waals surface area contributed by atoms with Crippen LogP contribution in [0.5, 0.6) is 0 Å². The summed E-state index contributed by atoms with van der Waals surface area (Å²) in [5.41, 5.74) is 0.376. The first kappa shape index (κ1) is 34.7. The van der Waals surface area contributed by atoms with Crippen LogP contribution in [0.15, 0.2) is 35.1 Å². The number of piperidine rings is 1. The van der Waals surface area contributed by atoms with E-state index in [-0.39, 0.29) is 46.6 Å². The molecule has 2 aliphatic rings. The van der Waals surface area contributed by atoms with Gasteiger partial charge in [0, 0.05) is 52.2 Å². The fourth-order valence-electron chi connectivity index (χ4n) is 5.95. The molecule has 2 aliphatic heterocycles. The van der Waals surface area contributed by atoms with Crippen LogP contribution in [0.1, 0.15) is 49.5 Å². The van der Waals surface area contributed by atoms with Crippen LogP contribution < -0.4 is 20.9 Å². The lowest BCUT2D eigenvalue weighted by atomic mass is 9.93. The number of carbonyl (C=O) groups excluding carboxylic acids is 2. The van der Waals surface area contributed by atoms with E-state index in [1.807, 2.05) is 0 Å². The molecule has 0 aliphatic carbocycles. The van der Waals surface area contributed by atoms with Gasteiger partial charge in [0.1, 0.15) is 16.7 Å². The van der Waals surface area contributed by atoms with Gasteiger partial charge >= 0.3 is 18.4 Å². The number of hydrogen-bond donors (Lipinski definition) is 4. The summed E-state index contributed by atoms with van der Waals surface area (Å²) in [5.74, 6) is -2.86. The molecule has 5 heterocycles. The molecule has 3 aromatic heterocycles. The van der Waals surface area contributed by atoms with E-state index in [1.165, 1.54) is 23.4 Å². The molecule has 3 amide bonds. The second-order valence-electron chi connectivity index (χ2n) is 12.9. The number of carbonyl (C=O) groups is 3. The molecule has 0 radical (unpaired) electrons. The molecule has 0 saturated carbocycles. The fourth-order valence-corrected chi connectivity index (χ4v) is 5.95. The van der Waals surface area contributed by atoms with Gasteiger partial charge in [-0.25, -0.2) is 9.59 Å². The number of fused-ring (bicyclic) bond motifs is 1. The monoisotopic (exact) mass is 677 g/mol. The Balaban J connectivity index is 1.46. The topological polar surface area (TPSA) is 171 Å². The number of likely N-dealkylation sites (tertiary alicyclic amines) is 1. The quantitative estimate of drug-likeness (QED) is 0.251. The molecule has 17 heteroatoms. The molecule has 3 aromatic rings. The average molecular weight is 678 g/mol. The second kappa shape index (κ2) is 13.8. The first-order chi connectivity index (χ1) is 22.6. The van der Waals surface area contributed by atoms with E-state index in [0.717, 1.165) is 25.1 Å². The molecule has 5 rings (SSSR count). The Bertz CT molecular complexity index is 1660. The van der Waals surface area contributed by atoms with Crippen LogP contribution in [0.3, 0.4) is 0 Å². The van der Waals surface area contributed by atoms with Crippen molar-refractivity contribution in [1.82, 2.24) is 20.2 Å². The number of nitrogens with one attached hydrogen (secondary N) is 3. The van der Waals surface area contributed by atoms with Crippen molar-refractivity contribution in [2.75, 3.05) is 48.8 Å². The number of halogens is 3. The summed E-state index contributed by atoms with van der Waals surface area (Å²) in [5, 5.41) is 16.5. The van der Waals surface area contributed by atoms with Gasteiger partial charge in [-0.15, -0.1) is 0 Å². The zero-order valence-electron chi connectivity index (χ0n) is 26.9. The molecule has 4 N–H and O–H groups in total. The maximum Gasteiger partial charge on any atom is 0.414 e. The van der Waals surface area contributed by atoms with Gasteiger partial charge in [-0.05, 0) is 51.3 Å². The van der Waals surface area contributed by atoms with Crippen molar-refractivity contribution in [3.8, 4) is 0 Å². The Morgan fingerprint density at radius 3 is 2.56 bits per heavy atom. The van der Waals surface area contributed by atoms with Crippen LogP contribution in [0.2, 0.25) is 0 Å². The zero-order valence-corrected chi connectivity index (χ0v) is 26.9. The molecular weight excluding hydrogens is 639 g/mol. The maximum atomic E-state index is 13.9. The summed E-state index contributed by atoms with van der Waals surface area (Å²) >= 11 is 0. The summed E-state index contributed by atoms with van der Waals surface area (Å²) in [6.45, 7) is 6.57. The number of methoxy groups -OCH3 is 1. The molecule has 260 valence electrons. The molecule has 1 unspecified atom stereocenters. The lowest BCUT2D eigenvalue weighted by Gasteiger charge is -2.40. The van der Waals surface area contributed by atoms with E-state index in [4.69, 9.17) is 13.9 Å². The molecule has 48 heavy (non-hydrogen) atoms. The Hall–Kier alpha value is -4.64. The SMILES string of the molecule is COC1CCN(Cc2cnc3c(C(=O)Nc4cnccc4N4C[C@@H](NC(=O)O)C[C@@H](C(F)(F)F)C4)c(NC(=O)OC(C)(C)C)oc3c2)C1. The summed E-state index contributed by atoms with van der Waals surface area (Å²) in [6, 6.07) is 2.12. The van der Waals surface area contributed by atoms with Crippen LogP contribution in [0.4, 0.5) is 40.0 Å². The largest absolute Gasteiger partial charge is 0.465 e. The van der Waals surface area contributed by atoms with Crippen LogP contribution in [0, 0.1) is 5.92 Å². The van der Waals surface area contributed by atoms with Crippen molar-refractivity contribution in [3.05, 3.63) is 41.9 Å². The Kier molecular flexibility index (Phi) is 10.0. The molecule has 2 saturated heterocycles. The first-order valence-electron chi connectivity index (χ1n) is 15.3. The first-order valence-corrected chi connectivity index (χ1v) is 15.3. The van der Waals surface area contributed by atoms with Crippen LogP contribution in [-0.2, 0) is 16.0 Å². The van der Waals surface area contributed by atoms with Crippen molar-refractivity contribution < 1.29 is 46.6 Å². The number of furan rings is 1. The van der Waals surface area contributed by atoms with Crippen LogP contribution in [0.25, 0.3) is 11.1 Å². The summed E-state index contributed by atoms with van der Waals surface area (Å²) < 4.78 is 58.3. The number of ether oxygens (including phenoxy) is 2. The van der Waals surface area contributed by atoms with Gasteiger partial charge < -0.3 is 34.5 Å². The number of alkyl halides is 3. The third-order valence-electron chi connectivity index (χ3n) is 8.02. The molecule has 2 fully saturated rings. The van der Waals surface area contributed by atoms with Gasteiger partial charge in [0.2, 0.25) is 5.88 Å². The minimum absolute atomic E-state index is 0.0512. The van der Waals surface area contributed by atoms with Crippen LogP contribution in [-0.4, -0.2) is 95.3 Å². The summed E-state index contributed by atoms with van der Waals surface area (Å²) in [4.78, 5) is 50.1. The second-order valence-corrected chi connectivity index (χ2v) is 12.9. The lowest BCUT2D eigenvalue weighted by Crippen LogP contribution is -2.53. The predicted molar refractivity (Wildman–Crippen MR) is 168 cm³/mol. The Labute approximate surface area is 273 Å². The number of anilines is 3. The van der Waals surface area contributed by atoms with Crippen molar-refractivity contribution >= 4 is 46.5 Å². The number of amides is 3. The highest BCUT2D eigenvalue weighted by molar-refractivity contribution is 6.16. The number of aromatic nitrogens is 2. The number of nitrogens with zero attached hydrogens (tertiary/aromatic N) is 4. The normalized spacial score (nSPS) is 20.5. The zero-order chi connectivity index (χ0) is 34.8. The van der Waals surface area contributed by atoms with E-state index in [0.29, 0.717) is 6.54 Å². The van der Waals surface area contributed by atoms with Gasteiger partial charge in [-0.1, -0.05) is 0 Å². The van der Waals surface area contributed by atoms with Crippen molar-refractivity contribution in [1.29, 1.82) is 0 Å². The van der Waals surface area contributed by atoms with Crippen molar-refractivity contribution in [3.63, 3.8) is 0 Å². The van der Waals surface area contributed by atoms with Gasteiger partial charge in [0.25, 0.3) is 5.91 Å². The third-order valence-corrected chi connectivity index (χ3v) is 8.02. The highest BCUT2D eigenvalue weighted by Gasteiger charge is 2.45. The van der Waals surface area contributed by atoms with Crippen molar-refractivity contribution in [2.24, 2.45) is 5.92 Å². The standard InChI is InChI=1S/C31H38F3N7O7/c1-30(2,3)48-29(45)39-27-24(25-23(47-27)9-17(11-36-25)13-40-8-6-20(16-40)46-4)26(42)38-21-12-35-7-5-22(21)41-14-18(31(32,33)34)10-19(15-41)37-28(43)44/h5,7,9,11-12,18-20,37H,6,8,10,13-16H2,1-4H3,(H,38,42)(H,39,45)(H,43,44)/t18-,19+,20?/m1/s1. The van der Waals surface area contributed by atoms with Gasteiger partial charge in [-0.3, -0.25) is 25.0 Å². The van der Waals surface area contributed by atoms with Gasteiger partial charge in [0.05, 0.1) is 35.6 Å². The van der Waals surface area contributed by atoms with E-state index >= 15 is 0 Å². The fraction of sp³-hybridized carbons (Fsp3) is 0.516. The van der Waals surface area contributed by atoms with Crippen molar-refractivity contribution in [2.45, 2.75) is 64.1 Å². The van der Waals surface area contributed by atoms with Gasteiger partial charge in [0.15, 0.2) is 5.58 Å². The number of rotatable bonds is 8. The molecule has 3 atom stereocenters. The summed E-state index contributed by atoms with van der Waals surface area (Å²) in [6.07, 6.45) is -2.11. The van der Waals surface area contributed by atoms with E-state index in [2.05, 4.69) is 30.8 Å². The molecule has 0 bridgehead atoms. The molecular formula is C31H38F3N7O7. The number of hydrogen-bond acceptors (Lipinski definition) is 10. The molecule has 0 spiro atoms. The Morgan fingerprint density at radius 2 is 1.90 bits per heavy atom. The lowest BCUT2D eigenvalue weighted by molar-refractivity contribution is -0.177. The number of carboxylic acid groups (broad SMARTS) is 1. The van der Waals surface area contributed by atoms with Crippen LogP contribution >= 0.6 is 0 Å².